The maximum atomic E-state index is 12.9. The molecular formula is C75H136O6. The molecule has 0 aromatic heterocycles. The largest absolute Gasteiger partial charge is 0.462 e. The van der Waals surface area contributed by atoms with Crippen LogP contribution in [0, 0.1) is 0 Å². The topological polar surface area (TPSA) is 78.9 Å². The van der Waals surface area contributed by atoms with E-state index in [1.807, 2.05) is 0 Å². The number of carbonyl (C=O) groups is 3. The van der Waals surface area contributed by atoms with Gasteiger partial charge in [0, 0.05) is 19.3 Å². The lowest BCUT2D eigenvalue weighted by Crippen LogP contribution is -2.30. The molecule has 6 heteroatoms. The van der Waals surface area contributed by atoms with Gasteiger partial charge in [-0.05, 0) is 64.2 Å². The normalized spacial score (nSPS) is 12.4. The van der Waals surface area contributed by atoms with Crippen LogP contribution in [0.15, 0.2) is 60.8 Å². The second-order valence-electron chi connectivity index (χ2n) is 24.1. The van der Waals surface area contributed by atoms with E-state index in [-0.39, 0.29) is 31.1 Å². The van der Waals surface area contributed by atoms with Gasteiger partial charge in [-0.15, -0.1) is 0 Å². The van der Waals surface area contributed by atoms with Crippen LogP contribution in [0.3, 0.4) is 0 Å². The Balaban J connectivity index is 4.21. The van der Waals surface area contributed by atoms with Gasteiger partial charge >= 0.3 is 17.9 Å². The Morgan fingerprint density at radius 2 is 0.481 bits per heavy atom. The Kier molecular flexibility index (Phi) is 67.1. The second kappa shape index (κ2) is 69.6. The third-order valence-electron chi connectivity index (χ3n) is 16.0. The lowest BCUT2D eigenvalue weighted by Gasteiger charge is -2.18. The lowest BCUT2D eigenvalue weighted by atomic mass is 10.0. The van der Waals surface area contributed by atoms with Gasteiger partial charge in [-0.25, -0.2) is 0 Å². The number of hydrogen-bond donors (Lipinski definition) is 0. The first-order valence-corrected chi connectivity index (χ1v) is 35.8. The highest BCUT2D eigenvalue weighted by molar-refractivity contribution is 5.71. The Labute approximate surface area is 504 Å². The minimum atomic E-state index is -0.779. The molecule has 0 rings (SSSR count). The van der Waals surface area contributed by atoms with Crippen molar-refractivity contribution in [2.75, 3.05) is 13.2 Å². The van der Waals surface area contributed by atoms with Crippen LogP contribution < -0.4 is 0 Å². The molecule has 0 aliphatic rings. The standard InChI is InChI=1S/C75H136O6/c1-4-7-10-13-16-19-22-25-27-29-31-33-35-36-37-38-39-41-42-44-46-48-50-53-56-59-62-65-68-74(77)80-71-72(70-79-73(76)67-64-61-58-55-52-24-21-18-15-12-9-6-3)81-75(78)69-66-63-60-57-54-51-49-47-45-43-40-34-32-30-28-26-23-20-17-14-11-8-5-2/h8,11,17,20,26,28,32,34,43,45,72H,4-7,9-10,12-16,18-19,21-25,27,29-31,33,35-42,44,46-71H2,1-3H3/b11-8-,20-17-,28-26-,34-32-,45-43-. The van der Waals surface area contributed by atoms with Gasteiger partial charge < -0.3 is 14.2 Å². The fraction of sp³-hybridized carbons (Fsp3) is 0.827. The summed E-state index contributed by atoms with van der Waals surface area (Å²) in [5.41, 5.74) is 0. The van der Waals surface area contributed by atoms with E-state index in [2.05, 4.69) is 81.5 Å². The van der Waals surface area contributed by atoms with Crippen molar-refractivity contribution < 1.29 is 28.6 Å². The fourth-order valence-corrected chi connectivity index (χ4v) is 10.7. The van der Waals surface area contributed by atoms with Gasteiger partial charge in [-0.2, -0.15) is 0 Å². The van der Waals surface area contributed by atoms with Crippen LogP contribution in [0.1, 0.15) is 380 Å². The van der Waals surface area contributed by atoms with Gasteiger partial charge in [0.2, 0.25) is 0 Å². The van der Waals surface area contributed by atoms with Gasteiger partial charge in [0.15, 0.2) is 6.10 Å². The number of esters is 3. The Bertz CT molecular complexity index is 1440. The summed E-state index contributed by atoms with van der Waals surface area (Å²) in [4.78, 5) is 38.4. The third kappa shape index (κ3) is 67.8. The van der Waals surface area contributed by atoms with Gasteiger partial charge in [0.25, 0.3) is 0 Å². The molecule has 472 valence electrons. The molecule has 0 N–H and O–H groups in total. The van der Waals surface area contributed by atoms with E-state index in [0.717, 1.165) is 96.3 Å². The number of ether oxygens (including phenoxy) is 3. The zero-order chi connectivity index (χ0) is 58.5. The number of unbranched alkanes of at least 4 members (excludes halogenated alkanes) is 45. The van der Waals surface area contributed by atoms with Crippen LogP contribution in [0.5, 0.6) is 0 Å². The van der Waals surface area contributed by atoms with E-state index in [1.54, 1.807) is 0 Å². The average Bonchev–Trinajstić information content (AvgIpc) is 3.47. The zero-order valence-electron chi connectivity index (χ0n) is 54.3. The van der Waals surface area contributed by atoms with E-state index < -0.39 is 6.10 Å². The van der Waals surface area contributed by atoms with Gasteiger partial charge in [0.05, 0.1) is 0 Å². The number of allylic oxidation sites excluding steroid dienone is 10. The van der Waals surface area contributed by atoms with Gasteiger partial charge in [0.1, 0.15) is 13.2 Å². The molecule has 0 bridgehead atoms. The molecule has 0 saturated heterocycles. The van der Waals surface area contributed by atoms with Crippen molar-refractivity contribution in [2.45, 2.75) is 386 Å². The smallest absolute Gasteiger partial charge is 0.306 e. The van der Waals surface area contributed by atoms with Crippen molar-refractivity contribution in [3.05, 3.63) is 60.8 Å². The highest BCUT2D eigenvalue weighted by atomic mass is 16.6. The molecule has 0 heterocycles. The molecule has 0 aromatic rings. The van der Waals surface area contributed by atoms with Gasteiger partial charge in [-0.1, -0.05) is 358 Å². The summed E-state index contributed by atoms with van der Waals surface area (Å²) in [5.74, 6) is -0.861. The summed E-state index contributed by atoms with van der Waals surface area (Å²) in [6.45, 7) is 6.58. The van der Waals surface area contributed by atoms with Crippen molar-refractivity contribution >= 4 is 17.9 Å². The summed E-state index contributed by atoms with van der Waals surface area (Å²) in [7, 11) is 0. The molecule has 0 amide bonds. The molecule has 0 aliphatic heterocycles. The molecule has 0 fully saturated rings. The van der Waals surface area contributed by atoms with Crippen LogP contribution in [-0.4, -0.2) is 37.2 Å². The summed E-state index contributed by atoms with van der Waals surface area (Å²) < 4.78 is 17.0. The number of carbonyl (C=O) groups excluding carboxylic acids is 3. The molecular weight excluding hydrogens is 997 g/mol. The number of rotatable bonds is 66. The van der Waals surface area contributed by atoms with Crippen molar-refractivity contribution in [3.63, 3.8) is 0 Å². The van der Waals surface area contributed by atoms with Crippen molar-refractivity contribution in [3.8, 4) is 0 Å². The summed E-state index contributed by atoms with van der Waals surface area (Å²) in [5, 5.41) is 0. The summed E-state index contributed by atoms with van der Waals surface area (Å²) >= 11 is 0. The summed E-state index contributed by atoms with van der Waals surface area (Å²) in [6, 6.07) is 0. The van der Waals surface area contributed by atoms with E-state index in [9.17, 15) is 14.4 Å². The van der Waals surface area contributed by atoms with E-state index >= 15 is 0 Å². The van der Waals surface area contributed by atoms with Crippen LogP contribution in [0.4, 0.5) is 0 Å². The van der Waals surface area contributed by atoms with Crippen molar-refractivity contribution in [1.29, 1.82) is 0 Å². The quantitative estimate of drug-likeness (QED) is 0.0261. The summed E-state index contributed by atoms with van der Waals surface area (Å²) in [6.07, 6.45) is 89.7. The monoisotopic (exact) mass is 1130 g/mol. The lowest BCUT2D eigenvalue weighted by molar-refractivity contribution is -0.167. The number of hydrogen-bond acceptors (Lipinski definition) is 6. The first kappa shape index (κ1) is 78.1. The van der Waals surface area contributed by atoms with Crippen LogP contribution in [0.25, 0.3) is 0 Å². The molecule has 1 unspecified atom stereocenters. The maximum absolute atomic E-state index is 12.9. The molecule has 0 aliphatic carbocycles. The second-order valence-corrected chi connectivity index (χ2v) is 24.1. The molecule has 6 nitrogen and oxygen atoms in total. The van der Waals surface area contributed by atoms with Crippen LogP contribution in [0.2, 0.25) is 0 Å². The predicted molar refractivity (Wildman–Crippen MR) is 353 cm³/mol. The molecule has 0 aromatic carbocycles. The van der Waals surface area contributed by atoms with Crippen molar-refractivity contribution in [1.82, 2.24) is 0 Å². The average molecular weight is 1130 g/mol. The maximum Gasteiger partial charge on any atom is 0.306 e. The van der Waals surface area contributed by atoms with Crippen LogP contribution >= 0.6 is 0 Å². The highest BCUT2D eigenvalue weighted by Crippen LogP contribution is 2.19. The molecule has 81 heavy (non-hydrogen) atoms. The SMILES string of the molecule is CC/C=C\C/C=C\C/C=C\C/C=C\C/C=C\CCCCCCCCCC(=O)OC(COC(=O)CCCCCCCCCCCCCC)COC(=O)CCCCCCCCCCCCCCCCCCCCCCCCCCCCCC. The van der Waals surface area contributed by atoms with Crippen molar-refractivity contribution in [2.24, 2.45) is 0 Å². The fourth-order valence-electron chi connectivity index (χ4n) is 10.7. The Morgan fingerprint density at radius 1 is 0.259 bits per heavy atom. The third-order valence-corrected chi connectivity index (χ3v) is 16.0. The minimum Gasteiger partial charge on any atom is -0.462 e. The van der Waals surface area contributed by atoms with Crippen LogP contribution in [-0.2, 0) is 28.6 Å². The Hall–Kier alpha value is -2.89. The molecule has 0 spiro atoms. The first-order chi connectivity index (χ1) is 40.0. The molecule has 0 saturated carbocycles. The zero-order valence-corrected chi connectivity index (χ0v) is 54.3. The van der Waals surface area contributed by atoms with E-state index in [4.69, 9.17) is 14.2 Å². The predicted octanol–water partition coefficient (Wildman–Crippen LogP) is 24.7. The first-order valence-electron chi connectivity index (χ1n) is 35.8. The molecule has 0 radical (unpaired) electrons. The Morgan fingerprint density at radius 3 is 0.753 bits per heavy atom. The highest BCUT2D eigenvalue weighted by Gasteiger charge is 2.19. The minimum absolute atomic E-state index is 0.0738. The molecule has 1 atom stereocenters. The van der Waals surface area contributed by atoms with E-state index in [1.165, 1.54) is 244 Å². The van der Waals surface area contributed by atoms with Gasteiger partial charge in [-0.3, -0.25) is 14.4 Å². The van der Waals surface area contributed by atoms with E-state index in [0.29, 0.717) is 19.3 Å².